The zero-order valence-corrected chi connectivity index (χ0v) is 11.0. The fourth-order valence-corrected chi connectivity index (χ4v) is 1.49. The van der Waals surface area contributed by atoms with E-state index in [2.05, 4.69) is 21.9 Å². The number of alkyl halides is 1. The standard InChI is InChI=1S/C13H11ClFN3O/c1-18-13(16-9-17-18)8-19-12-7-10(3-2-6-14)4-5-11(12)15/h4-5,7,9H,6,8H2,1H3. The number of nitrogens with zero attached hydrogens (tertiary/aromatic N) is 3. The van der Waals surface area contributed by atoms with Crippen LogP contribution in [-0.4, -0.2) is 20.6 Å². The third-order valence-corrected chi connectivity index (χ3v) is 2.53. The molecule has 1 heterocycles. The van der Waals surface area contributed by atoms with Crippen LogP contribution < -0.4 is 4.74 Å². The van der Waals surface area contributed by atoms with Crippen LogP contribution >= 0.6 is 11.6 Å². The largest absolute Gasteiger partial charge is 0.483 e. The molecule has 2 aromatic rings. The Morgan fingerprint density at radius 1 is 1.47 bits per heavy atom. The van der Waals surface area contributed by atoms with E-state index in [0.29, 0.717) is 11.4 Å². The van der Waals surface area contributed by atoms with Crippen LogP contribution in [0.25, 0.3) is 0 Å². The van der Waals surface area contributed by atoms with Gasteiger partial charge >= 0.3 is 0 Å². The molecule has 6 heteroatoms. The van der Waals surface area contributed by atoms with Crippen LogP contribution in [0.4, 0.5) is 4.39 Å². The van der Waals surface area contributed by atoms with Gasteiger partial charge in [0.1, 0.15) is 12.9 Å². The van der Waals surface area contributed by atoms with E-state index in [9.17, 15) is 4.39 Å². The average Bonchev–Trinajstić information content (AvgIpc) is 2.82. The zero-order valence-electron chi connectivity index (χ0n) is 10.2. The molecule has 0 aliphatic heterocycles. The second-order valence-corrected chi connectivity index (χ2v) is 3.94. The Morgan fingerprint density at radius 3 is 3.00 bits per heavy atom. The second kappa shape index (κ2) is 6.21. The van der Waals surface area contributed by atoms with Gasteiger partial charge in [0.15, 0.2) is 17.4 Å². The third kappa shape index (κ3) is 3.46. The Bertz CT molecular complexity index is 630. The Kier molecular flexibility index (Phi) is 4.37. The fourth-order valence-electron chi connectivity index (χ4n) is 1.42. The monoisotopic (exact) mass is 279 g/mol. The van der Waals surface area contributed by atoms with E-state index < -0.39 is 5.82 Å². The van der Waals surface area contributed by atoms with E-state index in [-0.39, 0.29) is 18.2 Å². The minimum absolute atomic E-state index is 0.129. The molecule has 19 heavy (non-hydrogen) atoms. The summed E-state index contributed by atoms with van der Waals surface area (Å²) in [6.07, 6.45) is 1.41. The first-order chi connectivity index (χ1) is 9.20. The number of halogens is 2. The molecular weight excluding hydrogens is 269 g/mol. The maximum Gasteiger partial charge on any atom is 0.165 e. The van der Waals surface area contributed by atoms with Gasteiger partial charge in [0.2, 0.25) is 0 Å². The second-order valence-electron chi connectivity index (χ2n) is 3.67. The normalized spacial score (nSPS) is 9.84. The Labute approximate surface area is 115 Å². The summed E-state index contributed by atoms with van der Waals surface area (Å²) in [6.45, 7) is 0.139. The van der Waals surface area contributed by atoms with E-state index >= 15 is 0 Å². The molecule has 0 saturated heterocycles. The van der Waals surface area contributed by atoms with Gasteiger partial charge < -0.3 is 4.74 Å². The minimum Gasteiger partial charge on any atom is -0.483 e. The lowest BCUT2D eigenvalue weighted by Crippen LogP contribution is -2.05. The number of ether oxygens (including phenoxy) is 1. The molecule has 0 fully saturated rings. The molecule has 2 rings (SSSR count). The van der Waals surface area contributed by atoms with Gasteiger partial charge in [-0.1, -0.05) is 11.8 Å². The highest BCUT2D eigenvalue weighted by Gasteiger charge is 2.07. The highest BCUT2D eigenvalue weighted by atomic mass is 35.5. The molecule has 98 valence electrons. The molecule has 0 N–H and O–H groups in total. The number of hydrogen-bond donors (Lipinski definition) is 0. The first-order valence-electron chi connectivity index (χ1n) is 5.51. The van der Waals surface area contributed by atoms with Crippen LogP contribution in [0.3, 0.4) is 0 Å². The summed E-state index contributed by atoms with van der Waals surface area (Å²) < 4.78 is 20.5. The van der Waals surface area contributed by atoms with Crippen LogP contribution in [0.1, 0.15) is 11.4 Å². The molecule has 1 aromatic heterocycles. The number of aromatic nitrogens is 3. The van der Waals surface area contributed by atoms with Crippen molar-refractivity contribution in [3.05, 3.63) is 41.7 Å². The van der Waals surface area contributed by atoms with Crippen LogP contribution in [0.15, 0.2) is 24.5 Å². The lowest BCUT2D eigenvalue weighted by molar-refractivity contribution is 0.275. The first kappa shape index (κ1) is 13.4. The van der Waals surface area contributed by atoms with Crippen LogP contribution in [0.5, 0.6) is 5.75 Å². The quantitative estimate of drug-likeness (QED) is 0.638. The maximum absolute atomic E-state index is 13.6. The molecule has 0 bridgehead atoms. The highest BCUT2D eigenvalue weighted by Crippen LogP contribution is 2.19. The van der Waals surface area contributed by atoms with Crippen molar-refractivity contribution in [2.24, 2.45) is 7.05 Å². The van der Waals surface area contributed by atoms with Crippen molar-refractivity contribution < 1.29 is 9.13 Å². The number of aryl methyl sites for hydroxylation is 1. The molecule has 0 atom stereocenters. The average molecular weight is 280 g/mol. The van der Waals surface area contributed by atoms with Crippen molar-refractivity contribution in [3.63, 3.8) is 0 Å². The van der Waals surface area contributed by atoms with Gasteiger partial charge in [-0.3, -0.25) is 4.68 Å². The van der Waals surface area contributed by atoms with Gasteiger partial charge in [0.25, 0.3) is 0 Å². The summed E-state index contributed by atoms with van der Waals surface area (Å²) >= 11 is 5.47. The molecular formula is C13H11ClFN3O. The smallest absolute Gasteiger partial charge is 0.165 e. The summed E-state index contributed by atoms with van der Waals surface area (Å²) in [6, 6.07) is 4.42. The van der Waals surface area contributed by atoms with Crippen LogP contribution in [-0.2, 0) is 13.7 Å². The van der Waals surface area contributed by atoms with E-state index in [4.69, 9.17) is 16.3 Å². The lowest BCUT2D eigenvalue weighted by atomic mass is 10.2. The minimum atomic E-state index is -0.446. The van der Waals surface area contributed by atoms with Crippen molar-refractivity contribution in [3.8, 4) is 17.6 Å². The molecule has 0 radical (unpaired) electrons. The Hall–Kier alpha value is -2.06. The molecule has 1 aromatic carbocycles. The van der Waals surface area contributed by atoms with Gasteiger partial charge in [0, 0.05) is 12.6 Å². The van der Waals surface area contributed by atoms with Crippen LogP contribution in [0, 0.1) is 17.7 Å². The zero-order chi connectivity index (χ0) is 13.7. The number of rotatable bonds is 3. The first-order valence-corrected chi connectivity index (χ1v) is 6.04. The SMILES string of the molecule is Cn1ncnc1COc1cc(C#CCCl)ccc1F. The molecule has 0 unspecified atom stereocenters. The highest BCUT2D eigenvalue weighted by molar-refractivity contribution is 6.19. The van der Waals surface area contributed by atoms with E-state index in [0.717, 1.165) is 0 Å². The van der Waals surface area contributed by atoms with E-state index in [1.54, 1.807) is 17.8 Å². The topological polar surface area (TPSA) is 39.9 Å². The Balaban J connectivity index is 2.13. The van der Waals surface area contributed by atoms with E-state index in [1.165, 1.54) is 18.5 Å². The summed E-state index contributed by atoms with van der Waals surface area (Å²) in [5, 5.41) is 3.90. The molecule has 0 saturated carbocycles. The molecule has 4 nitrogen and oxygen atoms in total. The number of benzene rings is 1. The number of hydrogen-bond acceptors (Lipinski definition) is 3. The maximum atomic E-state index is 13.6. The molecule has 0 amide bonds. The van der Waals surface area contributed by atoms with Crippen molar-refractivity contribution in [2.75, 3.05) is 5.88 Å². The van der Waals surface area contributed by atoms with Crippen molar-refractivity contribution >= 4 is 11.6 Å². The molecule has 0 aliphatic carbocycles. The van der Waals surface area contributed by atoms with Crippen LogP contribution in [0.2, 0.25) is 0 Å². The van der Waals surface area contributed by atoms with Crippen molar-refractivity contribution in [1.82, 2.24) is 14.8 Å². The van der Waals surface area contributed by atoms with Gasteiger partial charge in [-0.25, -0.2) is 9.37 Å². The fraction of sp³-hybridized carbons (Fsp3) is 0.231. The molecule has 0 aliphatic rings. The van der Waals surface area contributed by atoms with Gasteiger partial charge in [-0.2, -0.15) is 5.10 Å². The van der Waals surface area contributed by atoms with Crippen molar-refractivity contribution in [2.45, 2.75) is 6.61 Å². The summed E-state index contributed by atoms with van der Waals surface area (Å²) in [5.74, 6) is 6.03. The van der Waals surface area contributed by atoms with E-state index in [1.807, 2.05) is 0 Å². The van der Waals surface area contributed by atoms with Crippen molar-refractivity contribution in [1.29, 1.82) is 0 Å². The predicted molar refractivity (Wildman–Crippen MR) is 69.3 cm³/mol. The van der Waals surface area contributed by atoms with Gasteiger partial charge in [0.05, 0.1) is 5.88 Å². The summed E-state index contributed by atoms with van der Waals surface area (Å²) in [7, 11) is 1.74. The summed E-state index contributed by atoms with van der Waals surface area (Å²) in [4.78, 5) is 3.99. The molecule has 0 spiro atoms. The Morgan fingerprint density at radius 2 is 2.32 bits per heavy atom. The lowest BCUT2D eigenvalue weighted by Gasteiger charge is -2.07. The van der Waals surface area contributed by atoms with Gasteiger partial charge in [-0.05, 0) is 18.2 Å². The third-order valence-electron chi connectivity index (χ3n) is 2.39. The predicted octanol–water partition coefficient (Wildman–Crippen LogP) is 2.12. The summed E-state index contributed by atoms with van der Waals surface area (Å²) in [5.41, 5.74) is 0.648. The van der Waals surface area contributed by atoms with Gasteiger partial charge in [-0.15, -0.1) is 11.6 Å².